The maximum atomic E-state index is 13.4. The Morgan fingerprint density at radius 2 is 1.82 bits per heavy atom. The lowest BCUT2D eigenvalue weighted by Crippen LogP contribution is -2.46. The Hall–Kier alpha value is -4.82. The van der Waals surface area contributed by atoms with Gasteiger partial charge in [0, 0.05) is 27.4 Å². The summed E-state index contributed by atoms with van der Waals surface area (Å²) in [6, 6.07) is 5.40. The highest BCUT2D eigenvalue weighted by Crippen LogP contribution is 2.22. The summed E-state index contributed by atoms with van der Waals surface area (Å²) in [5.41, 5.74) is -2.04. The molecule has 1 atom stereocenters. The van der Waals surface area contributed by atoms with Gasteiger partial charge in [0.15, 0.2) is 5.69 Å². The van der Waals surface area contributed by atoms with Crippen LogP contribution >= 0.6 is 0 Å². The van der Waals surface area contributed by atoms with Gasteiger partial charge in [0.1, 0.15) is 11.6 Å². The van der Waals surface area contributed by atoms with Crippen LogP contribution in [0.1, 0.15) is 59.2 Å². The molecule has 15 heteroatoms. The number of rotatable bonds is 9. The Morgan fingerprint density at radius 3 is 2.41 bits per heavy atom. The zero-order chi connectivity index (χ0) is 28.9. The molecule has 3 rings (SSSR count). The van der Waals surface area contributed by atoms with Crippen molar-refractivity contribution in [1.82, 2.24) is 30.4 Å². The van der Waals surface area contributed by atoms with E-state index in [1.165, 1.54) is 45.2 Å². The molecule has 208 valence electrons. The Bertz CT molecular complexity index is 1430. The average molecular weight is 547 g/mol. The van der Waals surface area contributed by atoms with Crippen LogP contribution < -0.4 is 20.9 Å². The van der Waals surface area contributed by atoms with Crippen LogP contribution in [0.15, 0.2) is 33.5 Å². The minimum absolute atomic E-state index is 0.0297. The van der Waals surface area contributed by atoms with Gasteiger partial charge in [0.05, 0.1) is 12.6 Å². The normalized spacial score (nSPS) is 11.9. The Balaban J connectivity index is 2.00. The van der Waals surface area contributed by atoms with Crippen LogP contribution in [0.25, 0.3) is 0 Å². The molecule has 2 N–H and O–H groups in total. The molecular weight excluding hydrogens is 519 g/mol. The first-order valence-electron chi connectivity index (χ1n) is 11.5. The van der Waals surface area contributed by atoms with Gasteiger partial charge in [-0.2, -0.15) is 0 Å². The van der Waals surface area contributed by atoms with E-state index in [1.54, 1.807) is 13.8 Å². The van der Waals surface area contributed by atoms with Crippen molar-refractivity contribution in [1.29, 1.82) is 0 Å². The van der Waals surface area contributed by atoms with Gasteiger partial charge in [-0.3, -0.25) is 19.0 Å². The number of amides is 2. The second kappa shape index (κ2) is 11.7. The molecule has 1 aromatic carbocycles. The number of methoxy groups -OCH3 is 1. The van der Waals surface area contributed by atoms with Gasteiger partial charge in [-0.05, 0) is 31.5 Å². The number of carbonyl (C=O) groups is 3. The average Bonchev–Trinajstić information content (AvgIpc) is 3.32. The van der Waals surface area contributed by atoms with Crippen molar-refractivity contribution < 1.29 is 37.4 Å². The fraction of sp³-hybridized carbons (Fsp3) is 0.375. The van der Waals surface area contributed by atoms with E-state index >= 15 is 0 Å². The lowest BCUT2D eigenvalue weighted by Gasteiger charge is -2.28. The summed E-state index contributed by atoms with van der Waals surface area (Å²) >= 11 is 0. The molecule has 2 amide bonds. The third-order valence-corrected chi connectivity index (χ3v) is 5.25. The van der Waals surface area contributed by atoms with E-state index in [2.05, 4.69) is 30.6 Å². The molecule has 2 aromatic heterocycles. The lowest BCUT2D eigenvalue weighted by molar-refractivity contribution is -0.0484. The third-order valence-electron chi connectivity index (χ3n) is 5.25. The van der Waals surface area contributed by atoms with Gasteiger partial charge in [-0.25, -0.2) is 14.2 Å². The van der Waals surface area contributed by atoms with Crippen molar-refractivity contribution in [3.05, 3.63) is 69.3 Å². The summed E-state index contributed by atoms with van der Waals surface area (Å²) in [6.45, 7) is 5.87. The summed E-state index contributed by atoms with van der Waals surface area (Å²) in [4.78, 5) is 55.1. The van der Waals surface area contributed by atoms with Crippen molar-refractivity contribution in [2.45, 2.75) is 46.1 Å². The number of nitrogens with one attached hydrogen (secondary N) is 2. The Labute approximate surface area is 221 Å². The summed E-state index contributed by atoms with van der Waals surface area (Å²) in [7, 11) is 2.44. The number of aryl methyl sites for hydroxylation is 1. The van der Waals surface area contributed by atoms with E-state index in [1.807, 2.05) is 0 Å². The first-order valence-corrected chi connectivity index (χ1v) is 11.5. The van der Waals surface area contributed by atoms with Crippen LogP contribution in [0, 0.1) is 12.7 Å². The van der Waals surface area contributed by atoms with Crippen molar-refractivity contribution >= 4 is 18.0 Å². The fourth-order valence-electron chi connectivity index (χ4n) is 3.42. The minimum atomic E-state index is -1.34. The molecule has 39 heavy (non-hydrogen) atoms. The summed E-state index contributed by atoms with van der Waals surface area (Å²) < 4.78 is 34.2. The molecule has 0 bridgehead atoms. The van der Waals surface area contributed by atoms with E-state index in [4.69, 9.17) is 13.9 Å². The second-order valence-corrected chi connectivity index (χ2v) is 8.75. The van der Waals surface area contributed by atoms with Gasteiger partial charge in [-0.1, -0.05) is 12.1 Å². The second-order valence-electron chi connectivity index (χ2n) is 8.75. The van der Waals surface area contributed by atoms with Crippen LogP contribution in [0.3, 0.4) is 0 Å². The van der Waals surface area contributed by atoms with Crippen LogP contribution in [0.4, 0.5) is 9.18 Å². The van der Waals surface area contributed by atoms with Crippen molar-refractivity contribution in [2.24, 2.45) is 7.05 Å². The van der Waals surface area contributed by atoms with Gasteiger partial charge in [-0.15, -0.1) is 10.2 Å². The first-order chi connectivity index (χ1) is 18.3. The van der Waals surface area contributed by atoms with E-state index in [-0.39, 0.29) is 24.2 Å². The van der Waals surface area contributed by atoms with Gasteiger partial charge < -0.3 is 29.3 Å². The molecule has 14 nitrogen and oxygen atoms in total. The number of hydrogen-bond donors (Lipinski definition) is 2. The van der Waals surface area contributed by atoms with Crippen LogP contribution in [-0.2, 0) is 28.6 Å². The quantitative estimate of drug-likeness (QED) is 0.295. The molecule has 0 fully saturated rings. The van der Waals surface area contributed by atoms with E-state index in [9.17, 15) is 23.6 Å². The van der Waals surface area contributed by atoms with Crippen molar-refractivity contribution in [3.8, 4) is 5.75 Å². The third kappa shape index (κ3) is 6.94. The van der Waals surface area contributed by atoms with Crippen LogP contribution in [0.5, 0.6) is 5.75 Å². The molecule has 1 unspecified atom stereocenters. The Kier molecular flexibility index (Phi) is 8.63. The van der Waals surface area contributed by atoms with Crippen LogP contribution in [0.2, 0.25) is 0 Å². The van der Waals surface area contributed by atoms with E-state index in [0.717, 1.165) is 11.7 Å². The molecule has 3 aromatic rings. The van der Waals surface area contributed by atoms with Gasteiger partial charge in [0.25, 0.3) is 11.5 Å². The predicted octanol–water partition coefficient (Wildman–Crippen LogP) is 1.71. The van der Waals surface area contributed by atoms with Gasteiger partial charge >= 0.3 is 18.0 Å². The van der Waals surface area contributed by atoms with Crippen LogP contribution in [-0.4, -0.2) is 51.1 Å². The lowest BCUT2D eigenvalue weighted by atomic mass is 10.0. The number of aromatic nitrogens is 4. The van der Waals surface area contributed by atoms with E-state index in [0.29, 0.717) is 5.56 Å². The maximum absolute atomic E-state index is 13.4. The van der Waals surface area contributed by atoms with Crippen molar-refractivity contribution in [2.75, 3.05) is 7.11 Å². The molecule has 0 saturated heterocycles. The minimum Gasteiger partial charge on any atom is -0.447 e. The first kappa shape index (κ1) is 28.7. The molecule has 0 aliphatic carbocycles. The summed E-state index contributed by atoms with van der Waals surface area (Å²) in [5, 5.41) is 12.5. The number of benzene rings is 1. The zero-order valence-corrected chi connectivity index (χ0v) is 22.0. The fourth-order valence-corrected chi connectivity index (χ4v) is 3.42. The summed E-state index contributed by atoms with van der Waals surface area (Å²) in [5.74, 6) is -2.70. The monoisotopic (exact) mass is 546 g/mol. The van der Waals surface area contributed by atoms with E-state index < -0.39 is 52.6 Å². The molecule has 0 aliphatic heterocycles. The smallest absolute Gasteiger partial charge is 0.447 e. The number of nitrogens with zero attached hydrogens (tertiary/aromatic N) is 4. The highest BCUT2D eigenvalue weighted by Gasteiger charge is 2.34. The molecule has 2 heterocycles. The summed E-state index contributed by atoms with van der Waals surface area (Å²) in [6.07, 6.45) is -2.42. The standard InChI is InChI=1S/C24H27FN6O8/c1-12-29-30-20(37-12)19(33)28-24(3,4)22-27-16(18(32)26-11-14-7-9-15(25)10-8-14)17(21(34)31(22)5)38-13(2)39-23(35)36-6/h7-10,13H,11H2,1-6H3,(H,26,32)(H,28,33). The SMILES string of the molecule is COC(=O)OC(C)Oc1c(C(=O)NCc2ccc(F)cc2)nc(C(C)(C)NC(=O)c2nnc(C)o2)n(C)c1=O. The highest BCUT2D eigenvalue weighted by atomic mass is 19.1. The topological polar surface area (TPSA) is 177 Å². The largest absolute Gasteiger partial charge is 0.511 e. The number of ether oxygens (including phenoxy) is 3. The van der Waals surface area contributed by atoms with Crippen molar-refractivity contribution in [3.63, 3.8) is 0 Å². The highest BCUT2D eigenvalue weighted by molar-refractivity contribution is 5.95. The predicted molar refractivity (Wildman–Crippen MR) is 130 cm³/mol. The Morgan fingerprint density at radius 1 is 1.15 bits per heavy atom. The van der Waals surface area contributed by atoms with Gasteiger partial charge in [0.2, 0.25) is 17.9 Å². The number of halogens is 1. The zero-order valence-electron chi connectivity index (χ0n) is 22.0. The molecule has 0 aliphatic rings. The molecule has 0 spiro atoms. The molecular formula is C24H27FN6O8. The molecule has 0 radical (unpaired) electrons. The number of hydrogen-bond acceptors (Lipinski definition) is 11. The maximum Gasteiger partial charge on any atom is 0.511 e. The number of carbonyl (C=O) groups excluding carboxylic acids is 3. The molecule has 0 saturated carbocycles.